The number of likely N-dealkylation sites (tertiary alicyclic amines) is 1. The van der Waals surface area contributed by atoms with E-state index in [0.29, 0.717) is 0 Å². The van der Waals surface area contributed by atoms with E-state index in [1.807, 2.05) is 17.9 Å². The second-order valence-corrected chi connectivity index (χ2v) is 7.77. The average molecular weight is 367 g/mol. The number of amides is 2. The summed E-state index contributed by atoms with van der Waals surface area (Å²) >= 11 is 0. The summed E-state index contributed by atoms with van der Waals surface area (Å²) in [6, 6.07) is 10.9. The molecule has 4 rings (SSSR count). The zero-order valence-electron chi connectivity index (χ0n) is 16.0. The fourth-order valence-corrected chi connectivity index (χ4v) is 4.32. The van der Waals surface area contributed by atoms with Crippen molar-refractivity contribution < 1.29 is 4.79 Å². The Morgan fingerprint density at radius 3 is 2.70 bits per heavy atom. The van der Waals surface area contributed by atoms with Crippen molar-refractivity contribution in [2.24, 2.45) is 7.05 Å². The van der Waals surface area contributed by atoms with Crippen LogP contribution in [-0.2, 0) is 20.0 Å². The summed E-state index contributed by atoms with van der Waals surface area (Å²) in [7, 11) is 1.98. The van der Waals surface area contributed by atoms with Crippen LogP contribution in [-0.4, -0.2) is 39.8 Å². The minimum atomic E-state index is -0.0433. The molecule has 2 aliphatic rings. The van der Waals surface area contributed by atoms with Crippen LogP contribution in [0.2, 0.25) is 0 Å². The molecular weight excluding hydrogens is 338 g/mol. The van der Waals surface area contributed by atoms with Gasteiger partial charge in [-0.1, -0.05) is 30.3 Å². The first-order valence-electron chi connectivity index (χ1n) is 10.0. The van der Waals surface area contributed by atoms with E-state index in [-0.39, 0.29) is 18.1 Å². The number of aryl methyl sites for hydroxylation is 1. The number of piperidine rings is 1. The number of aromatic nitrogens is 2. The van der Waals surface area contributed by atoms with Gasteiger partial charge in [0.15, 0.2) is 0 Å². The van der Waals surface area contributed by atoms with Crippen molar-refractivity contribution >= 4 is 6.03 Å². The summed E-state index contributed by atoms with van der Waals surface area (Å²) in [5.41, 5.74) is 3.78. The lowest BCUT2D eigenvalue weighted by molar-refractivity contribution is 0.185. The lowest BCUT2D eigenvalue weighted by Gasteiger charge is -2.33. The van der Waals surface area contributed by atoms with Crippen LogP contribution >= 0.6 is 0 Å². The van der Waals surface area contributed by atoms with E-state index < -0.39 is 0 Å². The molecule has 0 bridgehead atoms. The van der Waals surface area contributed by atoms with Gasteiger partial charge < -0.3 is 10.6 Å². The van der Waals surface area contributed by atoms with E-state index in [1.165, 1.54) is 16.8 Å². The maximum Gasteiger partial charge on any atom is 0.315 e. The minimum absolute atomic E-state index is 0.0433. The van der Waals surface area contributed by atoms with Crippen molar-refractivity contribution in [1.29, 1.82) is 0 Å². The Morgan fingerprint density at radius 1 is 1.15 bits per heavy atom. The van der Waals surface area contributed by atoms with Crippen molar-refractivity contribution in [3.8, 4) is 0 Å². The zero-order valence-corrected chi connectivity index (χ0v) is 16.0. The smallest absolute Gasteiger partial charge is 0.315 e. The highest BCUT2D eigenvalue weighted by Crippen LogP contribution is 2.29. The van der Waals surface area contributed by atoms with Gasteiger partial charge in [-0.15, -0.1) is 0 Å². The lowest BCUT2D eigenvalue weighted by atomic mass is 9.93. The summed E-state index contributed by atoms with van der Waals surface area (Å²) < 4.78 is 1.93. The number of carbonyl (C=O) groups excluding carboxylic acids is 1. The number of rotatable bonds is 4. The van der Waals surface area contributed by atoms with E-state index in [4.69, 9.17) is 0 Å². The Kier molecular flexibility index (Phi) is 5.43. The van der Waals surface area contributed by atoms with Gasteiger partial charge in [-0.05, 0) is 37.7 Å². The monoisotopic (exact) mass is 367 g/mol. The molecule has 2 aromatic rings. The number of nitrogens with one attached hydrogen (secondary N) is 2. The molecule has 2 N–H and O–H groups in total. The molecule has 0 radical (unpaired) electrons. The molecule has 1 saturated heterocycles. The number of benzene rings is 1. The molecule has 6 heteroatoms. The van der Waals surface area contributed by atoms with Crippen LogP contribution in [0.15, 0.2) is 36.5 Å². The largest absolute Gasteiger partial charge is 0.335 e. The van der Waals surface area contributed by atoms with Crippen LogP contribution in [0, 0.1) is 0 Å². The summed E-state index contributed by atoms with van der Waals surface area (Å²) in [5, 5.41) is 10.7. The van der Waals surface area contributed by atoms with Crippen molar-refractivity contribution in [1.82, 2.24) is 25.3 Å². The maximum absolute atomic E-state index is 12.5. The third-order valence-electron chi connectivity index (χ3n) is 5.85. The first-order valence-corrected chi connectivity index (χ1v) is 10.0. The first-order chi connectivity index (χ1) is 13.2. The second kappa shape index (κ2) is 8.13. The van der Waals surface area contributed by atoms with Gasteiger partial charge >= 0.3 is 6.03 Å². The highest BCUT2D eigenvalue weighted by molar-refractivity contribution is 5.74. The second-order valence-electron chi connectivity index (χ2n) is 7.77. The molecule has 2 amide bonds. The van der Waals surface area contributed by atoms with Crippen LogP contribution < -0.4 is 10.6 Å². The Morgan fingerprint density at radius 2 is 1.93 bits per heavy atom. The molecule has 0 saturated carbocycles. The number of fused-ring (bicyclic) bond motifs is 1. The molecular formula is C21H29N5O. The third kappa shape index (κ3) is 4.33. The van der Waals surface area contributed by atoms with Crippen LogP contribution in [0.3, 0.4) is 0 Å². The van der Waals surface area contributed by atoms with Crippen molar-refractivity contribution in [3.05, 3.63) is 53.3 Å². The van der Waals surface area contributed by atoms with Gasteiger partial charge in [0.1, 0.15) is 0 Å². The van der Waals surface area contributed by atoms with Crippen molar-refractivity contribution in [3.63, 3.8) is 0 Å². The standard InChI is InChI=1S/C21H29N5O/c1-25-20-9-5-8-19(18(20)14-22-25)24-21(27)23-17-10-12-26(13-11-17)15-16-6-3-2-4-7-16/h2-4,6-7,14,17,19H,5,8-13,15H2,1H3,(H2,23,24,27)/t19-/m0/s1. The molecule has 27 heavy (non-hydrogen) atoms. The molecule has 1 atom stereocenters. The highest BCUT2D eigenvalue weighted by Gasteiger charge is 2.26. The molecule has 1 fully saturated rings. The number of carbonyl (C=O) groups is 1. The molecule has 144 valence electrons. The van der Waals surface area contributed by atoms with E-state index >= 15 is 0 Å². The highest BCUT2D eigenvalue weighted by atomic mass is 16.2. The lowest BCUT2D eigenvalue weighted by Crippen LogP contribution is -2.48. The predicted molar refractivity (Wildman–Crippen MR) is 105 cm³/mol. The van der Waals surface area contributed by atoms with Crippen LogP contribution in [0.1, 0.15) is 48.5 Å². The Balaban J connectivity index is 1.24. The molecule has 0 unspecified atom stereocenters. The molecule has 1 aliphatic carbocycles. The van der Waals surface area contributed by atoms with E-state index in [2.05, 4.69) is 51.0 Å². The quantitative estimate of drug-likeness (QED) is 0.873. The van der Waals surface area contributed by atoms with Crippen LogP contribution in [0.5, 0.6) is 0 Å². The van der Waals surface area contributed by atoms with E-state index in [9.17, 15) is 4.79 Å². The van der Waals surface area contributed by atoms with E-state index in [0.717, 1.165) is 51.7 Å². The van der Waals surface area contributed by atoms with E-state index in [1.54, 1.807) is 0 Å². The SMILES string of the molecule is Cn1ncc2c1CCC[C@@H]2NC(=O)NC1CCN(Cc2ccccc2)CC1. The minimum Gasteiger partial charge on any atom is -0.335 e. The number of nitrogens with zero attached hydrogens (tertiary/aromatic N) is 3. The number of hydrogen-bond acceptors (Lipinski definition) is 3. The predicted octanol–water partition coefficient (Wildman–Crippen LogP) is 2.76. The Labute approximate surface area is 160 Å². The summed E-state index contributed by atoms with van der Waals surface area (Å²) in [5.74, 6) is 0. The van der Waals surface area contributed by atoms with Gasteiger partial charge in [0.25, 0.3) is 0 Å². The Bertz CT molecular complexity index is 764. The molecule has 1 aromatic carbocycles. The summed E-state index contributed by atoms with van der Waals surface area (Å²) in [6.07, 6.45) is 7.04. The van der Waals surface area contributed by atoms with Crippen LogP contribution in [0.4, 0.5) is 4.79 Å². The first kappa shape index (κ1) is 18.0. The van der Waals surface area contributed by atoms with Gasteiger partial charge in [0.2, 0.25) is 0 Å². The average Bonchev–Trinajstić information content (AvgIpc) is 3.06. The molecule has 0 spiro atoms. The van der Waals surface area contributed by atoms with Crippen LogP contribution in [0.25, 0.3) is 0 Å². The normalized spacial score (nSPS) is 20.9. The maximum atomic E-state index is 12.5. The van der Waals surface area contributed by atoms with Gasteiger partial charge in [-0.3, -0.25) is 9.58 Å². The fourth-order valence-electron chi connectivity index (χ4n) is 4.32. The zero-order chi connectivity index (χ0) is 18.6. The molecule has 2 heterocycles. The van der Waals surface area contributed by atoms with Gasteiger partial charge in [0.05, 0.1) is 12.2 Å². The van der Waals surface area contributed by atoms with Crippen molar-refractivity contribution in [2.75, 3.05) is 13.1 Å². The fraction of sp³-hybridized carbons (Fsp3) is 0.524. The molecule has 1 aliphatic heterocycles. The molecule has 6 nitrogen and oxygen atoms in total. The molecule has 1 aromatic heterocycles. The number of urea groups is 1. The van der Waals surface area contributed by atoms with Gasteiger partial charge in [-0.2, -0.15) is 5.10 Å². The number of hydrogen-bond donors (Lipinski definition) is 2. The van der Waals surface area contributed by atoms with Crippen molar-refractivity contribution in [2.45, 2.75) is 50.7 Å². The third-order valence-corrected chi connectivity index (χ3v) is 5.85. The summed E-state index contributed by atoms with van der Waals surface area (Å²) in [6.45, 7) is 3.04. The topological polar surface area (TPSA) is 62.2 Å². The summed E-state index contributed by atoms with van der Waals surface area (Å²) in [4.78, 5) is 15.0. The Hall–Kier alpha value is -2.34. The van der Waals surface area contributed by atoms with Gasteiger partial charge in [-0.25, -0.2) is 4.79 Å². The van der Waals surface area contributed by atoms with Gasteiger partial charge in [0, 0.05) is 44.0 Å².